The molecular weight excluding hydrogens is 274 g/mol. The third kappa shape index (κ3) is 2.50. The number of benzene rings is 1. The number of ether oxygens (including phenoxy) is 1. The molecule has 21 heavy (non-hydrogen) atoms. The van der Waals surface area contributed by atoms with Gasteiger partial charge in [-0.3, -0.25) is 10.1 Å². The lowest BCUT2D eigenvalue weighted by molar-refractivity contribution is -0.384. The number of hydrogen-bond donors (Lipinski definition) is 0. The topological polar surface area (TPSA) is 95.5 Å². The van der Waals surface area contributed by atoms with Gasteiger partial charge in [-0.15, -0.1) is 0 Å². The highest BCUT2D eigenvalue weighted by atomic mass is 16.6. The molecular formula is C13H11N5O3. The van der Waals surface area contributed by atoms with Gasteiger partial charge in [0.15, 0.2) is 0 Å². The minimum atomic E-state index is -0.449. The number of non-ortho nitro benzene ring substituents is 1. The molecule has 0 N–H and O–H groups in total. The Morgan fingerprint density at radius 2 is 2.00 bits per heavy atom. The highest BCUT2D eigenvalue weighted by molar-refractivity contribution is 5.36. The molecule has 2 heterocycles. The Morgan fingerprint density at radius 3 is 2.71 bits per heavy atom. The third-order valence-corrected chi connectivity index (χ3v) is 2.99. The molecule has 0 amide bonds. The summed E-state index contributed by atoms with van der Waals surface area (Å²) in [5.74, 6) is 1.03. The van der Waals surface area contributed by atoms with E-state index in [1.165, 1.54) is 18.5 Å². The van der Waals surface area contributed by atoms with Gasteiger partial charge in [0.1, 0.15) is 18.2 Å². The van der Waals surface area contributed by atoms with Crippen LogP contribution in [-0.2, 0) is 0 Å². The van der Waals surface area contributed by atoms with E-state index in [0.717, 1.165) is 5.69 Å². The molecule has 0 radical (unpaired) electrons. The fourth-order valence-electron chi connectivity index (χ4n) is 1.98. The number of nitro benzene ring substituents is 1. The van der Waals surface area contributed by atoms with Gasteiger partial charge in [-0.1, -0.05) is 0 Å². The van der Waals surface area contributed by atoms with Crippen LogP contribution in [0.3, 0.4) is 0 Å². The zero-order valence-corrected chi connectivity index (χ0v) is 11.1. The Kier molecular flexibility index (Phi) is 3.19. The molecule has 1 unspecified atom stereocenters. The van der Waals surface area contributed by atoms with Gasteiger partial charge >= 0.3 is 0 Å². The average Bonchev–Trinajstić information content (AvgIpc) is 2.96. The zero-order chi connectivity index (χ0) is 14.8. The summed E-state index contributed by atoms with van der Waals surface area (Å²) >= 11 is 0. The van der Waals surface area contributed by atoms with Gasteiger partial charge in [-0.2, -0.15) is 14.6 Å². The minimum Gasteiger partial charge on any atom is -0.484 e. The molecule has 1 atom stereocenters. The lowest BCUT2D eigenvalue weighted by atomic mass is 10.2. The molecule has 0 fully saturated rings. The summed E-state index contributed by atoms with van der Waals surface area (Å²) in [6.45, 7) is 1.86. The Labute approximate surface area is 119 Å². The van der Waals surface area contributed by atoms with Crippen LogP contribution in [0.25, 0.3) is 5.78 Å². The van der Waals surface area contributed by atoms with E-state index in [1.54, 1.807) is 28.9 Å². The maximum atomic E-state index is 10.6. The summed E-state index contributed by atoms with van der Waals surface area (Å²) in [4.78, 5) is 18.3. The summed E-state index contributed by atoms with van der Waals surface area (Å²) in [5.41, 5.74) is 0.813. The molecule has 3 aromatic rings. The second kappa shape index (κ2) is 5.16. The van der Waals surface area contributed by atoms with Crippen LogP contribution in [-0.4, -0.2) is 24.5 Å². The molecule has 0 saturated heterocycles. The fourth-order valence-corrected chi connectivity index (χ4v) is 1.98. The highest BCUT2D eigenvalue weighted by Gasteiger charge is 2.13. The summed E-state index contributed by atoms with van der Waals surface area (Å²) in [6.07, 6.45) is 2.75. The summed E-state index contributed by atoms with van der Waals surface area (Å²) in [7, 11) is 0. The molecule has 2 aromatic heterocycles. The summed E-state index contributed by atoms with van der Waals surface area (Å²) in [5, 5.41) is 14.7. The van der Waals surface area contributed by atoms with Crippen molar-refractivity contribution in [3.63, 3.8) is 0 Å². The number of aromatic nitrogens is 4. The molecule has 0 aliphatic heterocycles. The standard InChI is InChI=1S/C13H11N5O3/c1-9(12-6-7-14-13-15-8-16-17(12)13)21-11-4-2-10(3-5-11)18(19)20/h2-9H,1H3. The number of rotatable bonds is 4. The Hall–Kier alpha value is -3.03. The number of nitrogens with zero attached hydrogens (tertiary/aromatic N) is 5. The van der Waals surface area contributed by atoms with Gasteiger partial charge in [0, 0.05) is 18.3 Å². The molecule has 0 bridgehead atoms. The first-order valence-corrected chi connectivity index (χ1v) is 6.21. The molecule has 1 aromatic carbocycles. The van der Waals surface area contributed by atoms with E-state index in [4.69, 9.17) is 4.74 Å². The summed E-state index contributed by atoms with van der Waals surface area (Å²) < 4.78 is 7.37. The monoisotopic (exact) mass is 285 g/mol. The number of hydrogen-bond acceptors (Lipinski definition) is 6. The normalized spacial score (nSPS) is 12.2. The number of nitro groups is 1. The SMILES string of the molecule is CC(Oc1ccc([N+](=O)[O-])cc1)c1ccnc2ncnn12. The Bertz CT molecular complexity index is 784. The second-order valence-electron chi connectivity index (χ2n) is 4.35. The van der Waals surface area contributed by atoms with E-state index in [1.807, 2.05) is 6.92 Å². The molecule has 0 aliphatic carbocycles. The molecule has 0 spiro atoms. The van der Waals surface area contributed by atoms with Crippen LogP contribution in [0, 0.1) is 10.1 Å². The van der Waals surface area contributed by atoms with Crippen LogP contribution in [0.1, 0.15) is 18.7 Å². The largest absolute Gasteiger partial charge is 0.484 e. The third-order valence-electron chi connectivity index (χ3n) is 2.99. The van der Waals surface area contributed by atoms with E-state index < -0.39 is 4.92 Å². The van der Waals surface area contributed by atoms with E-state index in [-0.39, 0.29) is 11.8 Å². The van der Waals surface area contributed by atoms with Crippen molar-refractivity contribution < 1.29 is 9.66 Å². The van der Waals surface area contributed by atoms with Crippen molar-refractivity contribution in [1.82, 2.24) is 19.6 Å². The van der Waals surface area contributed by atoms with Crippen molar-refractivity contribution in [3.05, 3.63) is 58.7 Å². The Balaban J connectivity index is 1.84. The van der Waals surface area contributed by atoms with Gasteiger partial charge in [-0.25, -0.2) is 4.98 Å². The van der Waals surface area contributed by atoms with Gasteiger partial charge < -0.3 is 4.74 Å². The van der Waals surface area contributed by atoms with E-state index in [2.05, 4.69) is 15.1 Å². The van der Waals surface area contributed by atoms with Crippen molar-refractivity contribution in [2.45, 2.75) is 13.0 Å². The molecule has 8 nitrogen and oxygen atoms in total. The van der Waals surface area contributed by atoms with Crippen LogP contribution in [0.4, 0.5) is 5.69 Å². The maximum Gasteiger partial charge on any atom is 0.269 e. The minimum absolute atomic E-state index is 0.0255. The first-order valence-electron chi connectivity index (χ1n) is 6.21. The van der Waals surface area contributed by atoms with Crippen LogP contribution >= 0.6 is 0 Å². The summed E-state index contributed by atoms with van der Waals surface area (Å²) in [6, 6.07) is 7.72. The lowest BCUT2D eigenvalue weighted by Gasteiger charge is -2.15. The first-order chi connectivity index (χ1) is 10.1. The smallest absolute Gasteiger partial charge is 0.269 e. The first kappa shape index (κ1) is 13.0. The average molecular weight is 285 g/mol. The molecule has 106 valence electrons. The van der Waals surface area contributed by atoms with Crippen molar-refractivity contribution >= 4 is 11.5 Å². The second-order valence-corrected chi connectivity index (χ2v) is 4.35. The maximum absolute atomic E-state index is 10.6. The van der Waals surface area contributed by atoms with Crippen LogP contribution in [0.5, 0.6) is 5.75 Å². The van der Waals surface area contributed by atoms with E-state index in [9.17, 15) is 10.1 Å². The van der Waals surface area contributed by atoms with Gasteiger partial charge in [-0.05, 0) is 25.1 Å². The van der Waals surface area contributed by atoms with Crippen LogP contribution in [0.2, 0.25) is 0 Å². The molecule has 8 heteroatoms. The van der Waals surface area contributed by atoms with Crippen molar-refractivity contribution in [3.8, 4) is 5.75 Å². The van der Waals surface area contributed by atoms with Crippen molar-refractivity contribution in [2.75, 3.05) is 0 Å². The fraction of sp³-hybridized carbons (Fsp3) is 0.154. The quantitative estimate of drug-likeness (QED) is 0.538. The zero-order valence-electron chi connectivity index (χ0n) is 11.1. The van der Waals surface area contributed by atoms with Gasteiger partial charge in [0.2, 0.25) is 0 Å². The van der Waals surface area contributed by atoms with E-state index >= 15 is 0 Å². The lowest BCUT2D eigenvalue weighted by Crippen LogP contribution is -2.10. The number of fused-ring (bicyclic) bond motifs is 1. The van der Waals surface area contributed by atoms with Crippen molar-refractivity contribution in [2.24, 2.45) is 0 Å². The predicted molar refractivity (Wildman–Crippen MR) is 72.9 cm³/mol. The van der Waals surface area contributed by atoms with Crippen molar-refractivity contribution in [1.29, 1.82) is 0 Å². The van der Waals surface area contributed by atoms with Crippen LogP contribution in [0.15, 0.2) is 42.9 Å². The Morgan fingerprint density at radius 1 is 1.24 bits per heavy atom. The van der Waals surface area contributed by atoms with Gasteiger partial charge in [0.05, 0.1) is 10.6 Å². The highest BCUT2D eigenvalue weighted by Crippen LogP contribution is 2.23. The molecule has 0 aliphatic rings. The molecule has 0 saturated carbocycles. The van der Waals surface area contributed by atoms with Crippen LogP contribution < -0.4 is 4.74 Å². The van der Waals surface area contributed by atoms with Gasteiger partial charge in [0.25, 0.3) is 11.5 Å². The molecule has 3 rings (SSSR count). The van der Waals surface area contributed by atoms with E-state index in [0.29, 0.717) is 11.5 Å². The predicted octanol–water partition coefficient (Wildman–Crippen LogP) is 2.17.